The van der Waals surface area contributed by atoms with E-state index in [1.807, 2.05) is 39.0 Å². The number of ether oxygens (including phenoxy) is 2. The third-order valence-electron chi connectivity index (χ3n) is 2.04. The Labute approximate surface area is 97.0 Å². The minimum Gasteiger partial charge on any atom is -0.478 e. The summed E-state index contributed by atoms with van der Waals surface area (Å²) in [5.41, 5.74) is 0. The molecule has 0 aromatic carbocycles. The van der Waals surface area contributed by atoms with Crippen molar-refractivity contribution in [3.63, 3.8) is 0 Å². The molecule has 0 radical (unpaired) electrons. The Morgan fingerprint density at radius 1 is 1.31 bits per heavy atom. The molecule has 0 aliphatic rings. The van der Waals surface area contributed by atoms with Gasteiger partial charge < -0.3 is 14.8 Å². The van der Waals surface area contributed by atoms with Gasteiger partial charge in [-0.05, 0) is 26.8 Å². The third kappa shape index (κ3) is 4.49. The minimum atomic E-state index is 0.183. The lowest BCUT2D eigenvalue weighted by molar-refractivity contribution is 0.0854. The van der Waals surface area contributed by atoms with Crippen molar-refractivity contribution in [3.05, 3.63) is 18.2 Å². The molecule has 1 rings (SSSR count). The summed E-state index contributed by atoms with van der Waals surface area (Å²) in [6, 6.07) is 5.69. The highest BCUT2D eigenvalue weighted by atomic mass is 16.5. The summed E-state index contributed by atoms with van der Waals surface area (Å²) in [6.45, 7) is 8.07. The van der Waals surface area contributed by atoms with E-state index in [2.05, 4.69) is 10.3 Å². The maximum atomic E-state index is 5.42. The molecule has 0 spiro atoms. The Balaban J connectivity index is 2.44. The van der Waals surface area contributed by atoms with Gasteiger partial charge in [-0.25, -0.2) is 0 Å². The Kier molecular flexibility index (Phi) is 5.64. The second-order valence-corrected chi connectivity index (χ2v) is 3.44. The molecule has 1 unspecified atom stereocenters. The quantitative estimate of drug-likeness (QED) is 0.772. The number of hydrogen-bond acceptors (Lipinski definition) is 4. The summed E-state index contributed by atoms with van der Waals surface area (Å²) in [4.78, 5) is 4.31. The van der Waals surface area contributed by atoms with Crippen molar-refractivity contribution in [2.75, 3.05) is 25.1 Å². The van der Waals surface area contributed by atoms with Gasteiger partial charge in [0.05, 0.1) is 12.7 Å². The smallest absolute Gasteiger partial charge is 0.215 e. The molecule has 1 atom stereocenters. The van der Waals surface area contributed by atoms with E-state index in [0.29, 0.717) is 12.5 Å². The molecule has 90 valence electrons. The first-order valence-corrected chi connectivity index (χ1v) is 5.71. The van der Waals surface area contributed by atoms with Crippen molar-refractivity contribution in [3.8, 4) is 5.88 Å². The van der Waals surface area contributed by atoms with Gasteiger partial charge in [-0.3, -0.25) is 0 Å². The second kappa shape index (κ2) is 7.06. The summed E-state index contributed by atoms with van der Waals surface area (Å²) < 4.78 is 10.7. The summed E-state index contributed by atoms with van der Waals surface area (Å²) >= 11 is 0. The van der Waals surface area contributed by atoms with Gasteiger partial charge in [-0.2, -0.15) is 4.98 Å². The second-order valence-electron chi connectivity index (χ2n) is 3.44. The number of nitrogens with zero attached hydrogens (tertiary/aromatic N) is 1. The normalized spacial score (nSPS) is 12.2. The lowest BCUT2D eigenvalue weighted by atomic mass is 10.4. The van der Waals surface area contributed by atoms with Gasteiger partial charge in [-0.15, -0.1) is 0 Å². The number of anilines is 1. The molecule has 0 saturated heterocycles. The summed E-state index contributed by atoms with van der Waals surface area (Å²) in [5.74, 6) is 1.47. The highest BCUT2D eigenvalue weighted by Crippen LogP contribution is 2.11. The van der Waals surface area contributed by atoms with Gasteiger partial charge in [0.1, 0.15) is 5.82 Å². The molecule has 0 bridgehead atoms. The average molecular weight is 224 g/mol. The molecule has 0 saturated carbocycles. The summed E-state index contributed by atoms with van der Waals surface area (Å²) in [5, 5.41) is 3.21. The number of aromatic nitrogens is 1. The highest BCUT2D eigenvalue weighted by Gasteiger charge is 2.02. The fraction of sp³-hybridized carbons (Fsp3) is 0.583. The molecule has 4 nitrogen and oxygen atoms in total. The molecule has 1 aromatic heterocycles. The zero-order chi connectivity index (χ0) is 11.8. The van der Waals surface area contributed by atoms with Crippen molar-refractivity contribution < 1.29 is 9.47 Å². The van der Waals surface area contributed by atoms with Crippen molar-refractivity contribution in [2.45, 2.75) is 26.9 Å². The molecule has 16 heavy (non-hydrogen) atoms. The fourth-order valence-corrected chi connectivity index (χ4v) is 1.33. The van der Waals surface area contributed by atoms with Crippen LogP contribution in [0.5, 0.6) is 5.88 Å². The van der Waals surface area contributed by atoms with Gasteiger partial charge in [0, 0.05) is 19.2 Å². The van der Waals surface area contributed by atoms with Gasteiger partial charge in [0.15, 0.2) is 0 Å². The molecule has 1 heterocycles. The van der Waals surface area contributed by atoms with Crippen LogP contribution in [0, 0.1) is 0 Å². The molecule has 0 amide bonds. The SMILES string of the molecule is CCOc1cccc(NCC(C)OCC)n1. The van der Waals surface area contributed by atoms with E-state index in [-0.39, 0.29) is 6.10 Å². The molecule has 0 aliphatic carbocycles. The molecule has 0 aliphatic heterocycles. The van der Waals surface area contributed by atoms with E-state index in [0.717, 1.165) is 19.0 Å². The molecule has 4 heteroatoms. The van der Waals surface area contributed by atoms with Crippen LogP contribution >= 0.6 is 0 Å². The van der Waals surface area contributed by atoms with Crippen LogP contribution < -0.4 is 10.1 Å². The van der Waals surface area contributed by atoms with E-state index >= 15 is 0 Å². The van der Waals surface area contributed by atoms with Crippen LogP contribution in [-0.2, 0) is 4.74 Å². The fourth-order valence-electron chi connectivity index (χ4n) is 1.33. The molecular weight excluding hydrogens is 204 g/mol. The lowest BCUT2D eigenvalue weighted by Crippen LogP contribution is -2.20. The molecule has 0 fully saturated rings. The van der Waals surface area contributed by atoms with E-state index < -0.39 is 0 Å². The Morgan fingerprint density at radius 2 is 2.12 bits per heavy atom. The van der Waals surface area contributed by atoms with Crippen LogP contribution in [0.15, 0.2) is 18.2 Å². The summed E-state index contributed by atoms with van der Waals surface area (Å²) in [6.07, 6.45) is 0.183. The zero-order valence-corrected chi connectivity index (χ0v) is 10.2. The largest absolute Gasteiger partial charge is 0.478 e. The monoisotopic (exact) mass is 224 g/mol. The topological polar surface area (TPSA) is 43.4 Å². The standard InChI is InChI=1S/C12H20N2O2/c1-4-15-10(3)9-13-11-7-6-8-12(14-11)16-5-2/h6-8,10H,4-5,9H2,1-3H3,(H,13,14). The van der Waals surface area contributed by atoms with Gasteiger partial charge >= 0.3 is 0 Å². The van der Waals surface area contributed by atoms with Crippen molar-refractivity contribution in [1.29, 1.82) is 0 Å². The van der Waals surface area contributed by atoms with Crippen molar-refractivity contribution in [1.82, 2.24) is 4.98 Å². The van der Waals surface area contributed by atoms with Gasteiger partial charge in [-0.1, -0.05) is 6.07 Å². The zero-order valence-electron chi connectivity index (χ0n) is 10.2. The maximum Gasteiger partial charge on any atom is 0.215 e. The first kappa shape index (κ1) is 12.8. The summed E-state index contributed by atoms with van der Waals surface area (Å²) in [7, 11) is 0. The average Bonchev–Trinajstić information content (AvgIpc) is 2.28. The van der Waals surface area contributed by atoms with Crippen LogP contribution in [0.1, 0.15) is 20.8 Å². The maximum absolute atomic E-state index is 5.42. The minimum absolute atomic E-state index is 0.183. The number of nitrogens with one attached hydrogen (secondary N) is 1. The van der Waals surface area contributed by atoms with Crippen LogP contribution in [0.25, 0.3) is 0 Å². The molecule has 1 aromatic rings. The Morgan fingerprint density at radius 3 is 2.81 bits per heavy atom. The van der Waals surface area contributed by atoms with Crippen molar-refractivity contribution in [2.24, 2.45) is 0 Å². The van der Waals surface area contributed by atoms with Gasteiger partial charge in [0.25, 0.3) is 0 Å². The van der Waals surface area contributed by atoms with Crippen LogP contribution in [0.3, 0.4) is 0 Å². The van der Waals surface area contributed by atoms with Crippen LogP contribution in [0.4, 0.5) is 5.82 Å². The predicted molar refractivity (Wildman–Crippen MR) is 65.0 cm³/mol. The Hall–Kier alpha value is -1.29. The molecule has 1 N–H and O–H groups in total. The lowest BCUT2D eigenvalue weighted by Gasteiger charge is -2.13. The van der Waals surface area contributed by atoms with E-state index in [9.17, 15) is 0 Å². The number of pyridine rings is 1. The van der Waals surface area contributed by atoms with E-state index in [4.69, 9.17) is 9.47 Å². The highest BCUT2D eigenvalue weighted by molar-refractivity contribution is 5.37. The predicted octanol–water partition coefficient (Wildman–Crippen LogP) is 2.32. The first-order chi connectivity index (χ1) is 7.76. The third-order valence-corrected chi connectivity index (χ3v) is 2.04. The van der Waals surface area contributed by atoms with Gasteiger partial charge in [0.2, 0.25) is 5.88 Å². The number of hydrogen-bond donors (Lipinski definition) is 1. The Bertz CT molecular complexity index is 305. The van der Waals surface area contributed by atoms with Crippen LogP contribution in [-0.4, -0.2) is 30.8 Å². The number of rotatable bonds is 7. The van der Waals surface area contributed by atoms with E-state index in [1.54, 1.807) is 0 Å². The van der Waals surface area contributed by atoms with Crippen molar-refractivity contribution >= 4 is 5.82 Å². The van der Waals surface area contributed by atoms with E-state index in [1.165, 1.54) is 0 Å². The molecular formula is C12H20N2O2. The first-order valence-electron chi connectivity index (χ1n) is 5.71. The van der Waals surface area contributed by atoms with Crippen LogP contribution in [0.2, 0.25) is 0 Å².